The number of thioether (sulfide) groups is 1. The van der Waals surface area contributed by atoms with Crippen molar-refractivity contribution < 1.29 is 14.8 Å². The number of nitro benzene ring substituents is 1. The Bertz CT molecular complexity index is 809. The van der Waals surface area contributed by atoms with Crippen molar-refractivity contribution in [2.75, 3.05) is 7.11 Å². The number of benzene rings is 2. The molecule has 2 aromatic rings. The van der Waals surface area contributed by atoms with Crippen molar-refractivity contribution in [2.45, 2.75) is 5.75 Å². The van der Waals surface area contributed by atoms with E-state index < -0.39 is 16.4 Å². The number of nitrogens with two attached hydrogens (primary N) is 1. The summed E-state index contributed by atoms with van der Waals surface area (Å²) in [7, 11) is 1.37. The van der Waals surface area contributed by atoms with Crippen LogP contribution >= 0.6 is 11.8 Å². The summed E-state index contributed by atoms with van der Waals surface area (Å²) in [5.41, 5.74) is 6.49. The van der Waals surface area contributed by atoms with Crippen LogP contribution in [0.15, 0.2) is 52.7 Å². The van der Waals surface area contributed by atoms with Gasteiger partial charge in [-0.05, 0) is 11.6 Å². The molecule has 0 radical (unpaired) electrons. The molecule has 0 aliphatic heterocycles. The summed E-state index contributed by atoms with van der Waals surface area (Å²) in [6, 6.07) is 12.3. The average Bonchev–Trinajstić information content (AvgIpc) is 2.62. The molecule has 0 aliphatic carbocycles. The van der Waals surface area contributed by atoms with E-state index >= 15 is 0 Å². The minimum atomic E-state index is -0.706. The number of nitro groups is 1. The molecule has 0 aliphatic rings. The van der Waals surface area contributed by atoms with Crippen LogP contribution in [0, 0.1) is 10.1 Å². The van der Waals surface area contributed by atoms with Crippen LogP contribution in [0.5, 0.6) is 11.5 Å². The molecule has 3 N–H and O–H groups in total. The molecule has 0 aromatic heterocycles. The topological polar surface area (TPSA) is 123 Å². The third-order valence-corrected chi connectivity index (χ3v) is 3.96. The second-order valence-electron chi connectivity index (χ2n) is 4.80. The average molecular weight is 360 g/mol. The molecule has 0 spiro atoms. The zero-order valence-electron chi connectivity index (χ0n) is 13.3. The van der Waals surface area contributed by atoms with E-state index in [1.807, 2.05) is 30.3 Å². The van der Waals surface area contributed by atoms with Gasteiger partial charge < -0.3 is 15.6 Å². The van der Waals surface area contributed by atoms with E-state index in [0.717, 1.165) is 11.6 Å². The number of phenolic OH excluding ortho intramolecular Hbond substituents is 1. The van der Waals surface area contributed by atoms with Gasteiger partial charge in [-0.2, -0.15) is 5.10 Å². The molecule has 2 rings (SSSR count). The number of hydrogen-bond acceptors (Lipinski definition) is 7. The third kappa shape index (κ3) is 5.21. The first kappa shape index (κ1) is 18.3. The number of hydrogen-bond donors (Lipinski definition) is 2. The molecule has 0 saturated carbocycles. The molecule has 0 fully saturated rings. The minimum Gasteiger partial charge on any atom is -0.502 e. The standard InChI is InChI=1S/C16H16N4O4S/c1-24-13-7-12(15(21)14(8-13)20(22)23)9-18-19-16(17)25-10-11-5-3-2-4-6-11/h2-9,21H,10H2,1H3,(H2,17,19). The van der Waals surface area contributed by atoms with Crippen molar-refractivity contribution in [1.82, 2.24) is 0 Å². The van der Waals surface area contributed by atoms with Gasteiger partial charge in [0.05, 0.1) is 24.3 Å². The quantitative estimate of drug-likeness (QED) is 0.353. The summed E-state index contributed by atoms with van der Waals surface area (Å²) in [6.07, 6.45) is 1.18. The number of ether oxygens (including phenoxy) is 1. The normalized spacial score (nSPS) is 11.6. The second-order valence-corrected chi connectivity index (χ2v) is 5.79. The Balaban J connectivity index is 2.10. The molecule has 2 aromatic carbocycles. The molecule has 0 heterocycles. The zero-order valence-corrected chi connectivity index (χ0v) is 14.1. The molecule has 8 nitrogen and oxygen atoms in total. The van der Waals surface area contributed by atoms with Gasteiger partial charge in [-0.1, -0.05) is 42.1 Å². The first-order valence-corrected chi connectivity index (χ1v) is 8.08. The van der Waals surface area contributed by atoms with Crippen molar-refractivity contribution >= 4 is 28.8 Å². The number of nitrogens with zero attached hydrogens (tertiary/aromatic N) is 3. The van der Waals surface area contributed by atoms with Gasteiger partial charge in [-0.15, -0.1) is 5.10 Å². The first-order chi connectivity index (χ1) is 12.0. The predicted molar refractivity (Wildman–Crippen MR) is 98.3 cm³/mol. The van der Waals surface area contributed by atoms with E-state index in [0.29, 0.717) is 5.75 Å². The lowest BCUT2D eigenvalue weighted by molar-refractivity contribution is -0.385. The molecule has 0 bridgehead atoms. The van der Waals surface area contributed by atoms with E-state index in [4.69, 9.17) is 10.5 Å². The second kappa shape index (κ2) is 8.69. The lowest BCUT2D eigenvalue weighted by Gasteiger charge is -2.04. The van der Waals surface area contributed by atoms with Crippen LogP contribution in [0.25, 0.3) is 0 Å². The molecule has 25 heavy (non-hydrogen) atoms. The lowest BCUT2D eigenvalue weighted by atomic mass is 10.1. The highest BCUT2D eigenvalue weighted by molar-refractivity contribution is 8.13. The minimum absolute atomic E-state index is 0.107. The molecule has 130 valence electrons. The Morgan fingerprint density at radius 2 is 2.12 bits per heavy atom. The summed E-state index contributed by atoms with van der Waals surface area (Å²) in [6.45, 7) is 0. The molecule has 0 amide bonds. The zero-order chi connectivity index (χ0) is 18.2. The van der Waals surface area contributed by atoms with Gasteiger partial charge in [0.1, 0.15) is 5.75 Å². The fourth-order valence-corrected chi connectivity index (χ4v) is 2.49. The van der Waals surface area contributed by atoms with E-state index in [1.54, 1.807) is 0 Å². The number of rotatable bonds is 6. The van der Waals surface area contributed by atoms with E-state index in [9.17, 15) is 15.2 Å². The highest BCUT2D eigenvalue weighted by atomic mass is 32.2. The molecule has 0 saturated heterocycles. The third-order valence-electron chi connectivity index (χ3n) is 3.11. The van der Waals surface area contributed by atoms with E-state index in [1.165, 1.54) is 31.2 Å². The molecular weight excluding hydrogens is 344 g/mol. The number of phenols is 1. The van der Waals surface area contributed by atoms with Gasteiger partial charge in [0.25, 0.3) is 0 Å². The Labute approximate surface area is 148 Å². The highest BCUT2D eigenvalue weighted by Gasteiger charge is 2.18. The maximum atomic E-state index is 10.9. The fraction of sp³-hybridized carbons (Fsp3) is 0.125. The van der Waals surface area contributed by atoms with Crippen LogP contribution in [0.3, 0.4) is 0 Å². The van der Waals surface area contributed by atoms with Crippen LogP contribution in [-0.4, -0.2) is 28.5 Å². The summed E-state index contributed by atoms with van der Waals surface area (Å²) in [5, 5.41) is 28.7. The number of aromatic hydroxyl groups is 1. The fourth-order valence-electron chi connectivity index (χ4n) is 1.88. The Morgan fingerprint density at radius 3 is 2.76 bits per heavy atom. The number of methoxy groups -OCH3 is 1. The van der Waals surface area contributed by atoms with Crippen molar-refractivity contribution in [3.05, 3.63) is 63.7 Å². The van der Waals surface area contributed by atoms with Gasteiger partial charge in [-0.3, -0.25) is 10.1 Å². The summed E-state index contributed by atoms with van der Waals surface area (Å²) in [5.74, 6) is 0.350. The van der Waals surface area contributed by atoms with Gasteiger partial charge in [0.2, 0.25) is 5.75 Å². The first-order valence-electron chi connectivity index (χ1n) is 7.10. The van der Waals surface area contributed by atoms with Gasteiger partial charge in [-0.25, -0.2) is 0 Å². The summed E-state index contributed by atoms with van der Waals surface area (Å²) < 4.78 is 4.97. The van der Waals surface area contributed by atoms with Crippen LogP contribution in [0.2, 0.25) is 0 Å². The smallest absolute Gasteiger partial charge is 0.315 e. The van der Waals surface area contributed by atoms with E-state index in [-0.39, 0.29) is 16.5 Å². The van der Waals surface area contributed by atoms with Crippen LogP contribution in [0.1, 0.15) is 11.1 Å². The van der Waals surface area contributed by atoms with Crippen molar-refractivity contribution in [3.63, 3.8) is 0 Å². The summed E-state index contributed by atoms with van der Waals surface area (Å²) in [4.78, 5) is 10.2. The maximum absolute atomic E-state index is 10.9. The van der Waals surface area contributed by atoms with Crippen molar-refractivity contribution in [2.24, 2.45) is 15.9 Å². The monoisotopic (exact) mass is 360 g/mol. The largest absolute Gasteiger partial charge is 0.502 e. The van der Waals surface area contributed by atoms with Crippen LogP contribution < -0.4 is 10.5 Å². The Hall–Kier alpha value is -3.07. The Kier molecular flexibility index (Phi) is 6.35. The van der Waals surface area contributed by atoms with Gasteiger partial charge in [0.15, 0.2) is 5.17 Å². The predicted octanol–water partition coefficient (Wildman–Crippen LogP) is 2.89. The maximum Gasteiger partial charge on any atom is 0.315 e. The van der Waals surface area contributed by atoms with Crippen molar-refractivity contribution in [1.29, 1.82) is 0 Å². The molecule has 0 unspecified atom stereocenters. The van der Waals surface area contributed by atoms with E-state index in [2.05, 4.69) is 10.2 Å². The number of amidine groups is 1. The van der Waals surface area contributed by atoms with Crippen LogP contribution in [0.4, 0.5) is 5.69 Å². The van der Waals surface area contributed by atoms with Crippen LogP contribution in [-0.2, 0) is 5.75 Å². The Morgan fingerprint density at radius 1 is 1.40 bits per heavy atom. The van der Waals surface area contributed by atoms with Crippen molar-refractivity contribution in [3.8, 4) is 11.5 Å². The molecule has 0 atom stereocenters. The molecular formula is C16H16N4O4S. The highest BCUT2D eigenvalue weighted by Crippen LogP contribution is 2.33. The SMILES string of the molecule is COc1cc(C=NN=C(N)SCc2ccccc2)c(O)c([N+](=O)[O-])c1. The lowest BCUT2D eigenvalue weighted by Crippen LogP contribution is -2.06. The van der Waals surface area contributed by atoms with Gasteiger partial charge in [0, 0.05) is 11.3 Å². The van der Waals surface area contributed by atoms with Gasteiger partial charge >= 0.3 is 5.69 Å². The molecule has 9 heteroatoms. The summed E-state index contributed by atoms with van der Waals surface area (Å²) >= 11 is 1.30.